The van der Waals surface area contributed by atoms with E-state index in [0.29, 0.717) is 0 Å². The van der Waals surface area contributed by atoms with E-state index >= 15 is 0 Å². The summed E-state index contributed by atoms with van der Waals surface area (Å²) in [7, 11) is 3.21. The molecule has 2 nitrogen and oxygen atoms in total. The number of methoxy groups -OCH3 is 1. The van der Waals surface area contributed by atoms with Gasteiger partial charge in [-0.2, -0.15) is 0 Å². The van der Waals surface area contributed by atoms with Crippen molar-refractivity contribution in [2.24, 2.45) is 0 Å². The van der Waals surface area contributed by atoms with Crippen molar-refractivity contribution in [3.63, 3.8) is 0 Å². The van der Waals surface area contributed by atoms with E-state index in [2.05, 4.69) is 5.32 Å². The molecule has 0 fully saturated rings. The Hall–Kier alpha value is -1.25. The highest BCUT2D eigenvalue weighted by Crippen LogP contribution is 2.20. The number of hydrogen-bond acceptors (Lipinski definition) is 2. The van der Waals surface area contributed by atoms with Crippen LogP contribution in [-0.2, 0) is 0 Å². The van der Waals surface area contributed by atoms with Crippen LogP contribution in [0.4, 0.5) is 10.1 Å². The molecule has 60 valence electrons. The van der Waals surface area contributed by atoms with Gasteiger partial charge in [0.05, 0.1) is 7.11 Å². The Labute approximate surface area is 65.0 Å². The summed E-state index contributed by atoms with van der Waals surface area (Å²) in [6.45, 7) is 0. The molecule has 0 spiro atoms. The molecule has 0 bridgehead atoms. The zero-order valence-electron chi connectivity index (χ0n) is 6.52. The van der Waals surface area contributed by atoms with Gasteiger partial charge in [0.15, 0.2) is 11.6 Å². The molecule has 1 aromatic rings. The zero-order chi connectivity index (χ0) is 8.27. The normalized spacial score (nSPS) is 9.36. The fourth-order valence-electron chi connectivity index (χ4n) is 0.815. The lowest BCUT2D eigenvalue weighted by Crippen LogP contribution is -1.91. The fraction of sp³-hybridized carbons (Fsp3) is 0.250. The summed E-state index contributed by atoms with van der Waals surface area (Å²) in [6, 6.07) is 4.62. The van der Waals surface area contributed by atoms with E-state index in [1.807, 2.05) is 0 Å². The molecule has 11 heavy (non-hydrogen) atoms. The number of anilines is 1. The van der Waals surface area contributed by atoms with E-state index < -0.39 is 0 Å². The molecule has 0 amide bonds. The van der Waals surface area contributed by atoms with Gasteiger partial charge >= 0.3 is 0 Å². The van der Waals surface area contributed by atoms with Gasteiger partial charge in [0.1, 0.15) is 0 Å². The van der Waals surface area contributed by atoms with Gasteiger partial charge in [-0.05, 0) is 12.1 Å². The second kappa shape index (κ2) is 3.23. The quantitative estimate of drug-likeness (QED) is 0.704. The highest BCUT2D eigenvalue weighted by Gasteiger charge is 2.00. The first-order valence-corrected chi connectivity index (χ1v) is 3.29. The molecule has 0 aromatic heterocycles. The van der Waals surface area contributed by atoms with Crippen LogP contribution in [0.1, 0.15) is 0 Å². The van der Waals surface area contributed by atoms with Gasteiger partial charge in [0.2, 0.25) is 0 Å². The highest BCUT2D eigenvalue weighted by molar-refractivity contribution is 5.48. The van der Waals surface area contributed by atoms with Crippen molar-refractivity contribution in [3.05, 3.63) is 24.0 Å². The van der Waals surface area contributed by atoms with Crippen molar-refractivity contribution < 1.29 is 9.13 Å². The molecule has 0 heterocycles. The first kappa shape index (κ1) is 7.85. The van der Waals surface area contributed by atoms with Crippen molar-refractivity contribution in [2.45, 2.75) is 0 Å². The van der Waals surface area contributed by atoms with Crippen LogP contribution in [-0.4, -0.2) is 14.2 Å². The highest BCUT2D eigenvalue weighted by atomic mass is 19.1. The maximum atomic E-state index is 12.8. The second-order valence-corrected chi connectivity index (χ2v) is 2.10. The molecule has 0 aliphatic rings. The molecule has 1 rings (SSSR count). The summed E-state index contributed by atoms with van der Waals surface area (Å²) in [4.78, 5) is 0. The minimum Gasteiger partial charge on any atom is -0.494 e. The smallest absolute Gasteiger partial charge is 0.165 e. The van der Waals surface area contributed by atoms with Gasteiger partial charge in [0, 0.05) is 18.8 Å². The van der Waals surface area contributed by atoms with Crippen LogP contribution in [0, 0.1) is 5.82 Å². The van der Waals surface area contributed by atoms with Crippen LogP contribution < -0.4 is 10.1 Å². The third-order valence-corrected chi connectivity index (χ3v) is 1.44. The Morgan fingerprint density at radius 1 is 1.45 bits per heavy atom. The molecular weight excluding hydrogens is 145 g/mol. The topological polar surface area (TPSA) is 21.3 Å². The average Bonchev–Trinajstić information content (AvgIpc) is 2.05. The maximum Gasteiger partial charge on any atom is 0.165 e. The lowest BCUT2D eigenvalue weighted by molar-refractivity contribution is 0.387. The van der Waals surface area contributed by atoms with Gasteiger partial charge in [-0.1, -0.05) is 0 Å². The Morgan fingerprint density at radius 3 is 2.73 bits per heavy atom. The van der Waals surface area contributed by atoms with E-state index in [4.69, 9.17) is 4.74 Å². The summed E-state index contributed by atoms with van der Waals surface area (Å²) in [5.41, 5.74) is 0.836. The summed E-state index contributed by atoms with van der Waals surface area (Å²) < 4.78 is 17.5. The monoisotopic (exact) mass is 155 g/mol. The fourth-order valence-corrected chi connectivity index (χ4v) is 0.815. The van der Waals surface area contributed by atoms with Gasteiger partial charge < -0.3 is 10.1 Å². The third kappa shape index (κ3) is 1.61. The van der Waals surface area contributed by atoms with Gasteiger partial charge in [0.25, 0.3) is 0 Å². The summed E-state index contributed by atoms with van der Waals surface area (Å²) in [5.74, 6) is -0.0802. The number of ether oxygens (including phenoxy) is 1. The minimum atomic E-state index is -0.341. The molecule has 0 saturated heterocycles. The first-order chi connectivity index (χ1) is 5.27. The Kier molecular flexibility index (Phi) is 2.31. The zero-order valence-corrected chi connectivity index (χ0v) is 6.52. The molecular formula is C8H10FNO. The maximum absolute atomic E-state index is 12.8. The molecule has 1 aromatic carbocycles. The largest absolute Gasteiger partial charge is 0.494 e. The standard InChI is InChI=1S/C8H10FNO/c1-10-6-3-4-7(9)8(5-6)11-2/h3-5,10H,1-2H3. The van der Waals surface area contributed by atoms with Gasteiger partial charge in [-0.3, -0.25) is 0 Å². The van der Waals surface area contributed by atoms with E-state index in [1.165, 1.54) is 13.2 Å². The molecule has 1 N–H and O–H groups in total. The predicted octanol–water partition coefficient (Wildman–Crippen LogP) is 1.88. The molecule has 0 unspecified atom stereocenters. The van der Waals surface area contributed by atoms with Crippen molar-refractivity contribution in [3.8, 4) is 5.75 Å². The number of halogens is 1. The second-order valence-electron chi connectivity index (χ2n) is 2.10. The lowest BCUT2D eigenvalue weighted by Gasteiger charge is -2.03. The number of benzene rings is 1. The molecule has 0 aliphatic carbocycles. The van der Waals surface area contributed by atoms with Crippen molar-refractivity contribution in [2.75, 3.05) is 19.5 Å². The van der Waals surface area contributed by atoms with Crippen LogP contribution >= 0.6 is 0 Å². The van der Waals surface area contributed by atoms with E-state index in [1.54, 1.807) is 19.2 Å². The number of hydrogen-bond donors (Lipinski definition) is 1. The van der Waals surface area contributed by atoms with Crippen LogP contribution in [0.2, 0.25) is 0 Å². The third-order valence-electron chi connectivity index (χ3n) is 1.44. The van der Waals surface area contributed by atoms with Crippen molar-refractivity contribution in [1.82, 2.24) is 0 Å². The van der Waals surface area contributed by atoms with E-state index in [-0.39, 0.29) is 11.6 Å². The van der Waals surface area contributed by atoms with Crippen molar-refractivity contribution >= 4 is 5.69 Å². The van der Waals surface area contributed by atoms with Gasteiger partial charge in [-0.15, -0.1) is 0 Å². The lowest BCUT2D eigenvalue weighted by atomic mass is 10.3. The van der Waals surface area contributed by atoms with E-state index in [9.17, 15) is 4.39 Å². The van der Waals surface area contributed by atoms with Gasteiger partial charge in [-0.25, -0.2) is 4.39 Å². The predicted molar refractivity (Wildman–Crippen MR) is 42.5 cm³/mol. The van der Waals surface area contributed by atoms with Crippen molar-refractivity contribution in [1.29, 1.82) is 0 Å². The van der Waals surface area contributed by atoms with Crippen LogP contribution in [0.25, 0.3) is 0 Å². The van der Waals surface area contributed by atoms with Crippen LogP contribution in [0.5, 0.6) is 5.75 Å². The van der Waals surface area contributed by atoms with Crippen LogP contribution in [0.3, 0.4) is 0 Å². The summed E-state index contributed by atoms with van der Waals surface area (Å²) in [5, 5.41) is 2.88. The number of rotatable bonds is 2. The molecule has 3 heteroatoms. The summed E-state index contributed by atoms with van der Waals surface area (Å²) >= 11 is 0. The minimum absolute atomic E-state index is 0.261. The summed E-state index contributed by atoms with van der Waals surface area (Å²) in [6.07, 6.45) is 0. The SMILES string of the molecule is CNc1ccc(F)c(OC)c1. The first-order valence-electron chi connectivity index (χ1n) is 3.29. The van der Waals surface area contributed by atoms with E-state index in [0.717, 1.165) is 5.69 Å². The molecule has 0 aliphatic heterocycles. The Morgan fingerprint density at radius 2 is 2.18 bits per heavy atom. The Bertz CT molecular complexity index is 250. The molecule has 0 saturated carbocycles. The molecule has 0 radical (unpaired) electrons. The Balaban J connectivity index is 3.02. The average molecular weight is 155 g/mol. The number of nitrogens with one attached hydrogen (secondary N) is 1. The van der Waals surface area contributed by atoms with Crippen LogP contribution in [0.15, 0.2) is 18.2 Å². The molecule has 0 atom stereocenters.